The average molecular weight is 274 g/mol. The molecule has 3 nitrogen and oxygen atoms in total. The molecule has 0 saturated heterocycles. The molecule has 0 fully saturated rings. The molecule has 2 rings (SSSR count). The molecule has 0 unspecified atom stereocenters. The highest BCUT2D eigenvalue weighted by Gasteiger charge is 2.28. The molecule has 1 aliphatic heterocycles. The Hall–Kier alpha value is -1.68. The molecule has 0 aliphatic carbocycles. The van der Waals surface area contributed by atoms with Crippen molar-refractivity contribution < 1.29 is 4.79 Å². The number of ketones is 1. The van der Waals surface area contributed by atoms with E-state index in [2.05, 4.69) is 17.6 Å². The first-order chi connectivity index (χ1) is 9.13. The van der Waals surface area contributed by atoms with Crippen molar-refractivity contribution in [3.8, 4) is 0 Å². The molecule has 1 atom stereocenters. The summed E-state index contributed by atoms with van der Waals surface area (Å²) in [5.74, 6) is 0.0686. The van der Waals surface area contributed by atoms with Gasteiger partial charge in [-0.2, -0.15) is 0 Å². The van der Waals surface area contributed by atoms with Gasteiger partial charge in [0.1, 0.15) is 0 Å². The minimum atomic E-state index is 0.00598. The van der Waals surface area contributed by atoms with Crippen molar-refractivity contribution in [1.29, 1.82) is 0 Å². The normalized spacial score (nSPS) is 18.8. The summed E-state index contributed by atoms with van der Waals surface area (Å²) in [4.78, 5) is 12.6. The quantitative estimate of drug-likeness (QED) is 0.654. The summed E-state index contributed by atoms with van der Waals surface area (Å²) in [5.41, 5.74) is 2.37. The number of hydrogen-bond acceptors (Lipinski definition) is 2. The van der Waals surface area contributed by atoms with Gasteiger partial charge in [0.05, 0.1) is 6.04 Å². The van der Waals surface area contributed by atoms with Gasteiger partial charge in [0.25, 0.3) is 0 Å². The zero-order valence-electron chi connectivity index (χ0n) is 11.2. The summed E-state index contributed by atoms with van der Waals surface area (Å²) in [6.07, 6.45) is 1.90. The SMILES string of the molecule is CCC[C@@H]1NC(=S)NC(C)=C1C(=O)c1ccccc1. The Morgan fingerprint density at radius 3 is 2.63 bits per heavy atom. The molecule has 1 aromatic rings. The van der Waals surface area contributed by atoms with Crippen molar-refractivity contribution in [3.05, 3.63) is 47.2 Å². The number of nitrogens with one attached hydrogen (secondary N) is 2. The Morgan fingerprint density at radius 2 is 2.00 bits per heavy atom. The summed E-state index contributed by atoms with van der Waals surface area (Å²) < 4.78 is 0. The van der Waals surface area contributed by atoms with Crippen LogP contribution in [0.4, 0.5) is 0 Å². The fourth-order valence-electron chi connectivity index (χ4n) is 2.34. The lowest BCUT2D eigenvalue weighted by molar-refractivity contribution is 0.102. The number of allylic oxidation sites excluding steroid dienone is 1. The number of rotatable bonds is 4. The molecule has 0 spiro atoms. The van der Waals surface area contributed by atoms with Gasteiger partial charge in [-0.05, 0) is 25.6 Å². The van der Waals surface area contributed by atoms with E-state index in [0.717, 1.165) is 29.7 Å². The minimum absolute atomic E-state index is 0.00598. The van der Waals surface area contributed by atoms with Gasteiger partial charge in [-0.1, -0.05) is 43.7 Å². The van der Waals surface area contributed by atoms with Crippen LogP contribution >= 0.6 is 12.2 Å². The van der Waals surface area contributed by atoms with E-state index in [4.69, 9.17) is 12.2 Å². The first-order valence-electron chi connectivity index (χ1n) is 6.51. The first-order valence-corrected chi connectivity index (χ1v) is 6.92. The van der Waals surface area contributed by atoms with E-state index in [1.54, 1.807) is 0 Å². The van der Waals surface area contributed by atoms with Gasteiger partial charge in [0.2, 0.25) is 0 Å². The maximum Gasteiger partial charge on any atom is 0.192 e. The third kappa shape index (κ3) is 3.01. The molecule has 4 heteroatoms. The molecular weight excluding hydrogens is 256 g/mol. The molecule has 2 N–H and O–H groups in total. The van der Waals surface area contributed by atoms with E-state index >= 15 is 0 Å². The van der Waals surface area contributed by atoms with Crippen LogP contribution in [-0.2, 0) is 0 Å². The second kappa shape index (κ2) is 5.97. The summed E-state index contributed by atoms with van der Waals surface area (Å²) in [6, 6.07) is 9.37. The van der Waals surface area contributed by atoms with Crippen LogP contribution in [0.25, 0.3) is 0 Å². The Kier molecular flexibility index (Phi) is 4.32. The van der Waals surface area contributed by atoms with Crippen molar-refractivity contribution >= 4 is 23.1 Å². The minimum Gasteiger partial charge on any atom is -0.355 e. The lowest BCUT2D eigenvalue weighted by atomic mass is 9.92. The molecule has 1 aromatic carbocycles. The molecule has 1 aliphatic rings. The number of benzene rings is 1. The zero-order chi connectivity index (χ0) is 13.8. The van der Waals surface area contributed by atoms with Crippen molar-refractivity contribution in [2.24, 2.45) is 0 Å². The monoisotopic (exact) mass is 274 g/mol. The van der Waals surface area contributed by atoms with Gasteiger partial charge in [0, 0.05) is 16.8 Å². The summed E-state index contributed by atoms with van der Waals surface area (Å²) in [6.45, 7) is 4.01. The van der Waals surface area contributed by atoms with Crippen LogP contribution < -0.4 is 10.6 Å². The highest BCUT2D eigenvalue weighted by molar-refractivity contribution is 7.80. The average Bonchev–Trinajstić information content (AvgIpc) is 2.39. The second-order valence-corrected chi connectivity index (χ2v) is 5.08. The smallest absolute Gasteiger partial charge is 0.192 e. The van der Waals surface area contributed by atoms with E-state index in [1.165, 1.54) is 0 Å². The van der Waals surface area contributed by atoms with E-state index in [0.29, 0.717) is 5.11 Å². The molecule has 0 saturated carbocycles. The van der Waals surface area contributed by atoms with Crippen LogP contribution in [0.3, 0.4) is 0 Å². The number of hydrogen-bond donors (Lipinski definition) is 2. The Morgan fingerprint density at radius 1 is 1.32 bits per heavy atom. The van der Waals surface area contributed by atoms with E-state index in [-0.39, 0.29) is 11.8 Å². The van der Waals surface area contributed by atoms with E-state index < -0.39 is 0 Å². The molecular formula is C15H18N2OS. The third-order valence-corrected chi connectivity index (χ3v) is 3.44. The Bertz CT molecular complexity index is 522. The van der Waals surface area contributed by atoms with Gasteiger partial charge in [-0.25, -0.2) is 0 Å². The topological polar surface area (TPSA) is 41.1 Å². The van der Waals surface area contributed by atoms with Gasteiger partial charge in [-0.3, -0.25) is 4.79 Å². The van der Waals surface area contributed by atoms with E-state index in [9.17, 15) is 4.79 Å². The molecule has 0 amide bonds. The highest BCUT2D eigenvalue weighted by Crippen LogP contribution is 2.20. The van der Waals surface area contributed by atoms with Gasteiger partial charge >= 0.3 is 0 Å². The van der Waals surface area contributed by atoms with Gasteiger partial charge in [-0.15, -0.1) is 0 Å². The van der Waals surface area contributed by atoms with Crippen LogP contribution in [0.2, 0.25) is 0 Å². The van der Waals surface area contributed by atoms with Crippen molar-refractivity contribution in [3.63, 3.8) is 0 Å². The largest absolute Gasteiger partial charge is 0.355 e. The standard InChI is InChI=1S/C15H18N2OS/c1-3-7-12-13(10(2)16-15(19)17-12)14(18)11-8-5-4-6-9-11/h4-6,8-9,12H,3,7H2,1-2H3,(H2,16,17,19)/t12-/m0/s1. The van der Waals surface area contributed by atoms with Crippen LogP contribution in [0.15, 0.2) is 41.6 Å². The predicted octanol–water partition coefficient (Wildman–Crippen LogP) is 2.79. The van der Waals surface area contributed by atoms with Crippen molar-refractivity contribution in [1.82, 2.24) is 10.6 Å². The van der Waals surface area contributed by atoms with Crippen LogP contribution in [0, 0.1) is 0 Å². The summed E-state index contributed by atoms with van der Waals surface area (Å²) in [5, 5.41) is 6.84. The lowest BCUT2D eigenvalue weighted by Gasteiger charge is -2.29. The first kappa shape index (κ1) is 13.7. The number of carbonyl (C=O) groups excluding carboxylic acids is 1. The predicted molar refractivity (Wildman–Crippen MR) is 81.0 cm³/mol. The molecule has 0 radical (unpaired) electrons. The lowest BCUT2D eigenvalue weighted by Crippen LogP contribution is -2.49. The van der Waals surface area contributed by atoms with Crippen LogP contribution in [-0.4, -0.2) is 16.9 Å². The Balaban J connectivity index is 2.36. The molecule has 100 valence electrons. The maximum atomic E-state index is 12.6. The molecule has 0 aromatic heterocycles. The summed E-state index contributed by atoms with van der Waals surface area (Å²) >= 11 is 5.16. The fourth-order valence-corrected chi connectivity index (χ4v) is 2.64. The van der Waals surface area contributed by atoms with Crippen LogP contribution in [0.1, 0.15) is 37.0 Å². The number of carbonyl (C=O) groups is 1. The Labute approximate surface area is 119 Å². The number of Topliss-reactive ketones (excluding diaryl/α,β-unsaturated/α-hetero) is 1. The van der Waals surface area contributed by atoms with Gasteiger partial charge < -0.3 is 10.6 Å². The zero-order valence-corrected chi connectivity index (χ0v) is 12.0. The van der Waals surface area contributed by atoms with Gasteiger partial charge in [0.15, 0.2) is 10.9 Å². The van der Waals surface area contributed by atoms with E-state index in [1.807, 2.05) is 37.3 Å². The highest BCUT2D eigenvalue weighted by atomic mass is 32.1. The fraction of sp³-hybridized carbons (Fsp3) is 0.333. The van der Waals surface area contributed by atoms with Crippen molar-refractivity contribution in [2.75, 3.05) is 0 Å². The van der Waals surface area contributed by atoms with Crippen molar-refractivity contribution in [2.45, 2.75) is 32.7 Å². The molecule has 1 heterocycles. The summed E-state index contributed by atoms with van der Waals surface area (Å²) in [7, 11) is 0. The van der Waals surface area contributed by atoms with Crippen LogP contribution in [0.5, 0.6) is 0 Å². The molecule has 19 heavy (non-hydrogen) atoms. The molecule has 0 bridgehead atoms. The second-order valence-electron chi connectivity index (χ2n) is 4.67. The number of thiocarbonyl (C=S) groups is 1. The third-order valence-electron chi connectivity index (χ3n) is 3.22. The maximum absolute atomic E-state index is 12.6.